The molecule has 2 rings (SSSR count). The SMILES string of the molecule is CC1CC(C)CN(c2nc(S(C)(=O)=O)ns2)C1. The van der Waals surface area contributed by atoms with Gasteiger partial charge in [-0.1, -0.05) is 13.8 Å². The van der Waals surface area contributed by atoms with E-state index in [4.69, 9.17) is 0 Å². The van der Waals surface area contributed by atoms with Gasteiger partial charge in [-0.2, -0.15) is 9.36 Å². The molecule has 7 heteroatoms. The second kappa shape index (κ2) is 4.53. The Morgan fingerprint density at radius 1 is 1.29 bits per heavy atom. The molecule has 0 bridgehead atoms. The molecule has 1 fully saturated rings. The standard InChI is InChI=1S/C10H17N3O2S2/c1-7-4-8(2)6-13(5-7)10-11-9(12-16-10)17(3,14)15/h7-8H,4-6H2,1-3H3. The average molecular weight is 275 g/mol. The molecule has 1 aromatic rings. The molecule has 17 heavy (non-hydrogen) atoms. The van der Waals surface area contributed by atoms with Crippen LogP contribution < -0.4 is 4.90 Å². The van der Waals surface area contributed by atoms with Gasteiger partial charge in [-0.25, -0.2) is 8.42 Å². The smallest absolute Gasteiger partial charge is 0.260 e. The van der Waals surface area contributed by atoms with Gasteiger partial charge in [0.1, 0.15) is 0 Å². The molecule has 0 spiro atoms. The van der Waals surface area contributed by atoms with Crippen molar-refractivity contribution in [2.75, 3.05) is 24.2 Å². The zero-order valence-electron chi connectivity index (χ0n) is 10.3. The third kappa shape index (κ3) is 2.95. The lowest BCUT2D eigenvalue weighted by Gasteiger charge is -2.34. The van der Waals surface area contributed by atoms with Crippen molar-refractivity contribution in [2.45, 2.75) is 25.4 Å². The maximum absolute atomic E-state index is 11.3. The van der Waals surface area contributed by atoms with Gasteiger partial charge in [0.15, 0.2) is 0 Å². The summed E-state index contributed by atoms with van der Waals surface area (Å²) in [7, 11) is -3.29. The van der Waals surface area contributed by atoms with Crippen LogP contribution in [-0.2, 0) is 9.84 Å². The van der Waals surface area contributed by atoms with Crippen LogP contribution in [0.3, 0.4) is 0 Å². The molecule has 0 aliphatic carbocycles. The summed E-state index contributed by atoms with van der Waals surface area (Å²) in [5.74, 6) is 1.23. The van der Waals surface area contributed by atoms with Crippen molar-refractivity contribution < 1.29 is 8.42 Å². The first-order valence-corrected chi connectivity index (χ1v) is 8.31. The molecule has 1 aliphatic heterocycles. The van der Waals surface area contributed by atoms with Crippen LogP contribution in [0.15, 0.2) is 5.16 Å². The van der Waals surface area contributed by atoms with Crippen LogP contribution in [0, 0.1) is 11.8 Å². The van der Waals surface area contributed by atoms with Crippen molar-refractivity contribution >= 4 is 26.5 Å². The van der Waals surface area contributed by atoms with Crippen molar-refractivity contribution in [3.05, 3.63) is 0 Å². The minimum atomic E-state index is -3.29. The first kappa shape index (κ1) is 12.8. The molecule has 2 heterocycles. The van der Waals surface area contributed by atoms with Gasteiger partial charge >= 0.3 is 0 Å². The molecule has 0 radical (unpaired) electrons. The van der Waals surface area contributed by atoms with Crippen LogP contribution in [0.25, 0.3) is 0 Å². The third-order valence-corrected chi connectivity index (χ3v) is 4.61. The van der Waals surface area contributed by atoms with Crippen LogP contribution in [-0.4, -0.2) is 37.1 Å². The summed E-state index contributed by atoms with van der Waals surface area (Å²) < 4.78 is 26.6. The Labute approximate surface area is 106 Å². The van der Waals surface area contributed by atoms with Gasteiger partial charge in [0.2, 0.25) is 15.0 Å². The lowest BCUT2D eigenvalue weighted by Crippen LogP contribution is -2.38. The lowest BCUT2D eigenvalue weighted by atomic mass is 9.92. The van der Waals surface area contributed by atoms with Crippen LogP contribution >= 0.6 is 11.5 Å². The molecule has 96 valence electrons. The van der Waals surface area contributed by atoms with Crippen molar-refractivity contribution in [3.8, 4) is 0 Å². The molecule has 0 N–H and O–H groups in total. The highest BCUT2D eigenvalue weighted by Gasteiger charge is 2.25. The van der Waals surface area contributed by atoms with Gasteiger partial charge in [0.25, 0.3) is 5.16 Å². The second-order valence-electron chi connectivity index (χ2n) is 4.98. The van der Waals surface area contributed by atoms with Gasteiger partial charge < -0.3 is 4.90 Å². The Bertz CT molecular complexity index is 487. The number of hydrogen-bond acceptors (Lipinski definition) is 6. The van der Waals surface area contributed by atoms with Gasteiger partial charge in [-0.3, -0.25) is 0 Å². The normalized spacial score (nSPS) is 26.2. The summed E-state index contributed by atoms with van der Waals surface area (Å²) in [6.07, 6.45) is 2.36. The zero-order valence-corrected chi connectivity index (χ0v) is 11.9. The number of nitrogens with zero attached hydrogens (tertiary/aromatic N) is 3. The summed E-state index contributed by atoms with van der Waals surface area (Å²) >= 11 is 1.17. The average Bonchev–Trinajstić information content (AvgIpc) is 2.63. The lowest BCUT2D eigenvalue weighted by molar-refractivity contribution is 0.356. The van der Waals surface area contributed by atoms with Gasteiger partial charge in [0, 0.05) is 30.9 Å². The molecule has 2 atom stereocenters. The Kier molecular flexibility index (Phi) is 3.40. The van der Waals surface area contributed by atoms with Crippen LogP contribution in [0.1, 0.15) is 20.3 Å². The number of rotatable bonds is 2. The van der Waals surface area contributed by atoms with E-state index >= 15 is 0 Å². The Balaban J connectivity index is 2.20. The van der Waals surface area contributed by atoms with E-state index in [0.29, 0.717) is 11.8 Å². The van der Waals surface area contributed by atoms with E-state index < -0.39 is 9.84 Å². The molecule has 0 saturated carbocycles. The predicted molar refractivity (Wildman–Crippen MR) is 68.2 cm³/mol. The van der Waals surface area contributed by atoms with E-state index in [-0.39, 0.29) is 5.16 Å². The highest BCUT2D eigenvalue weighted by atomic mass is 32.2. The van der Waals surface area contributed by atoms with Gasteiger partial charge in [0.05, 0.1) is 0 Å². The fourth-order valence-corrected chi connectivity index (χ4v) is 3.86. The summed E-state index contributed by atoms with van der Waals surface area (Å²) in [4.78, 5) is 6.26. The van der Waals surface area contributed by atoms with Crippen molar-refractivity contribution in [1.29, 1.82) is 0 Å². The molecule has 2 unspecified atom stereocenters. The van der Waals surface area contributed by atoms with E-state index in [1.165, 1.54) is 18.0 Å². The molecule has 0 aromatic carbocycles. The number of anilines is 1. The Morgan fingerprint density at radius 2 is 1.88 bits per heavy atom. The minimum absolute atomic E-state index is 0.0524. The summed E-state index contributed by atoms with van der Waals surface area (Å²) in [6, 6.07) is 0. The second-order valence-corrected chi connectivity index (χ2v) is 7.62. The molecule has 1 aromatic heterocycles. The topological polar surface area (TPSA) is 63.2 Å². The largest absolute Gasteiger partial charge is 0.346 e. The van der Waals surface area contributed by atoms with Crippen molar-refractivity contribution in [1.82, 2.24) is 9.36 Å². The maximum Gasteiger partial charge on any atom is 0.260 e. The van der Waals surface area contributed by atoms with Gasteiger partial charge in [-0.05, 0) is 18.3 Å². The summed E-state index contributed by atoms with van der Waals surface area (Å²) in [5.41, 5.74) is 0. The van der Waals surface area contributed by atoms with Gasteiger partial charge in [-0.15, -0.1) is 0 Å². The highest BCUT2D eigenvalue weighted by molar-refractivity contribution is 7.90. The maximum atomic E-state index is 11.3. The van der Waals surface area contributed by atoms with Crippen LogP contribution in [0.5, 0.6) is 0 Å². The first-order chi connectivity index (χ1) is 7.86. The Hall–Kier alpha value is -0.690. The number of hydrogen-bond donors (Lipinski definition) is 0. The predicted octanol–water partition coefficient (Wildman–Crippen LogP) is 1.42. The van der Waals surface area contributed by atoms with E-state index in [2.05, 4.69) is 28.1 Å². The fourth-order valence-electron chi connectivity index (χ4n) is 2.30. The Morgan fingerprint density at radius 3 is 2.35 bits per heavy atom. The van der Waals surface area contributed by atoms with Crippen molar-refractivity contribution in [2.24, 2.45) is 11.8 Å². The monoisotopic (exact) mass is 275 g/mol. The van der Waals surface area contributed by atoms with Crippen LogP contribution in [0.2, 0.25) is 0 Å². The molecule has 0 amide bonds. The minimum Gasteiger partial charge on any atom is -0.346 e. The third-order valence-electron chi connectivity index (χ3n) is 2.87. The summed E-state index contributed by atoms with van der Waals surface area (Å²) in [6.45, 7) is 6.29. The van der Waals surface area contributed by atoms with E-state index in [1.54, 1.807) is 0 Å². The number of sulfone groups is 1. The number of aromatic nitrogens is 2. The first-order valence-electron chi connectivity index (χ1n) is 5.65. The molecular formula is C10H17N3O2S2. The summed E-state index contributed by atoms with van der Waals surface area (Å²) in [5, 5.41) is 0.673. The highest BCUT2D eigenvalue weighted by Crippen LogP contribution is 2.27. The fraction of sp³-hybridized carbons (Fsp3) is 0.800. The van der Waals surface area contributed by atoms with E-state index in [0.717, 1.165) is 24.5 Å². The van der Waals surface area contributed by atoms with Crippen LogP contribution in [0.4, 0.5) is 5.13 Å². The zero-order chi connectivity index (χ0) is 12.6. The molecule has 1 saturated heterocycles. The molecule has 5 nitrogen and oxygen atoms in total. The van der Waals surface area contributed by atoms with E-state index in [9.17, 15) is 8.42 Å². The number of piperidine rings is 1. The van der Waals surface area contributed by atoms with E-state index in [1.807, 2.05) is 0 Å². The van der Waals surface area contributed by atoms with Crippen molar-refractivity contribution in [3.63, 3.8) is 0 Å². The molecule has 1 aliphatic rings. The molecular weight excluding hydrogens is 258 g/mol. The quantitative estimate of drug-likeness (QED) is 0.817.